The Morgan fingerprint density at radius 1 is 1.41 bits per heavy atom. The minimum absolute atomic E-state index is 0.771. The predicted molar refractivity (Wildman–Crippen MR) is 72.6 cm³/mol. The van der Waals surface area contributed by atoms with Crippen LogP contribution in [0.25, 0.3) is 0 Å². The standard InChI is InChI=1S/C13H21N3S/c1-16(8-10-3-2-4-10)13-15-12(9-17-13)7-14-11-5-6-11/h9-11,14H,2-8H2,1H3. The van der Waals surface area contributed by atoms with Crippen LogP contribution in [0.3, 0.4) is 0 Å². The summed E-state index contributed by atoms with van der Waals surface area (Å²) in [5.74, 6) is 0.914. The zero-order chi connectivity index (χ0) is 11.7. The van der Waals surface area contributed by atoms with Crippen molar-refractivity contribution in [3.63, 3.8) is 0 Å². The van der Waals surface area contributed by atoms with Crippen molar-refractivity contribution in [2.75, 3.05) is 18.5 Å². The highest BCUT2D eigenvalue weighted by molar-refractivity contribution is 7.13. The van der Waals surface area contributed by atoms with Crippen molar-refractivity contribution >= 4 is 16.5 Å². The van der Waals surface area contributed by atoms with Gasteiger partial charge in [0.1, 0.15) is 0 Å². The molecule has 0 bridgehead atoms. The fraction of sp³-hybridized carbons (Fsp3) is 0.769. The Bertz CT molecular complexity index is 368. The van der Waals surface area contributed by atoms with E-state index in [1.807, 2.05) is 0 Å². The van der Waals surface area contributed by atoms with E-state index in [1.165, 1.54) is 49.5 Å². The maximum absolute atomic E-state index is 4.70. The Labute approximate surface area is 107 Å². The third kappa shape index (κ3) is 2.99. The van der Waals surface area contributed by atoms with Gasteiger partial charge in [-0.05, 0) is 31.6 Å². The van der Waals surface area contributed by atoms with Gasteiger partial charge in [-0.1, -0.05) is 6.42 Å². The second-order valence-electron chi connectivity index (χ2n) is 5.45. The van der Waals surface area contributed by atoms with Crippen LogP contribution in [-0.2, 0) is 6.54 Å². The Morgan fingerprint density at radius 2 is 2.24 bits per heavy atom. The van der Waals surface area contributed by atoms with Crippen molar-refractivity contribution in [1.82, 2.24) is 10.3 Å². The highest BCUT2D eigenvalue weighted by atomic mass is 32.1. The van der Waals surface area contributed by atoms with Gasteiger partial charge in [-0.3, -0.25) is 0 Å². The van der Waals surface area contributed by atoms with E-state index in [0.29, 0.717) is 0 Å². The van der Waals surface area contributed by atoms with Gasteiger partial charge in [-0.2, -0.15) is 0 Å². The largest absolute Gasteiger partial charge is 0.351 e. The molecule has 3 nitrogen and oxygen atoms in total. The van der Waals surface area contributed by atoms with Crippen molar-refractivity contribution in [2.24, 2.45) is 5.92 Å². The molecule has 1 aromatic heterocycles. The zero-order valence-corrected chi connectivity index (χ0v) is 11.3. The maximum atomic E-state index is 4.70. The highest BCUT2D eigenvalue weighted by Crippen LogP contribution is 2.29. The first-order chi connectivity index (χ1) is 8.31. The molecule has 2 aliphatic carbocycles. The molecule has 1 heterocycles. The monoisotopic (exact) mass is 251 g/mol. The quantitative estimate of drug-likeness (QED) is 0.842. The normalized spacial score (nSPS) is 20.3. The van der Waals surface area contributed by atoms with Gasteiger partial charge >= 0.3 is 0 Å². The van der Waals surface area contributed by atoms with Crippen LogP contribution in [0, 0.1) is 5.92 Å². The maximum Gasteiger partial charge on any atom is 0.185 e. The van der Waals surface area contributed by atoms with Crippen LogP contribution in [0.2, 0.25) is 0 Å². The molecular formula is C13H21N3S. The van der Waals surface area contributed by atoms with Crippen LogP contribution in [0.1, 0.15) is 37.8 Å². The third-order valence-corrected chi connectivity index (χ3v) is 4.78. The van der Waals surface area contributed by atoms with E-state index >= 15 is 0 Å². The molecule has 0 aliphatic heterocycles. The van der Waals surface area contributed by atoms with Crippen molar-refractivity contribution in [3.05, 3.63) is 11.1 Å². The number of hydrogen-bond acceptors (Lipinski definition) is 4. The first-order valence-electron chi connectivity index (χ1n) is 6.70. The van der Waals surface area contributed by atoms with Crippen LogP contribution in [-0.4, -0.2) is 24.6 Å². The lowest BCUT2D eigenvalue weighted by molar-refractivity contribution is 0.321. The first kappa shape index (κ1) is 11.5. The average Bonchev–Trinajstić information content (AvgIpc) is 2.98. The molecule has 0 spiro atoms. The molecule has 94 valence electrons. The van der Waals surface area contributed by atoms with E-state index in [2.05, 4.69) is 22.6 Å². The topological polar surface area (TPSA) is 28.2 Å². The number of aromatic nitrogens is 1. The van der Waals surface area contributed by atoms with Crippen molar-refractivity contribution < 1.29 is 0 Å². The number of nitrogens with zero attached hydrogens (tertiary/aromatic N) is 2. The number of thiazole rings is 1. The van der Waals surface area contributed by atoms with Gasteiger partial charge in [0, 0.05) is 31.6 Å². The van der Waals surface area contributed by atoms with E-state index in [-0.39, 0.29) is 0 Å². The molecular weight excluding hydrogens is 230 g/mol. The van der Waals surface area contributed by atoms with Gasteiger partial charge in [0.2, 0.25) is 0 Å². The van der Waals surface area contributed by atoms with E-state index in [0.717, 1.165) is 18.5 Å². The summed E-state index contributed by atoms with van der Waals surface area (Å²) < 4.78 is 0. The lowest BCUT2D eigenvalue weighted by Crippen LogP contribution is -2.29. The Balaban J connectivity index is 1.50. The summed E-state index contributed by atoms with van der Waals surface area (Å²) in [5.41, 5.74) is 1.21. The summed E-state index contributed by atoms with van der Waals surface area (Å²) in [6, 6.07) is 0.771. The van der Waals surface area contributed by atoms with Crippen LogP contribution in [0.15, 0.2) is 5.38 Å². The second-order valence-corrected chi connectivity index (χ2v) is 6.29. The highest BCUT2D eigenvalue weighted by Gasteiger charge is 2.22. The molecule has 0 amide bonds. The van der Waals surface area contributed by atoms with Crippen molar-refractivity contribution in [2.45, 2.75) is 44.7 Å². The molecule has 3 rings (SSSR count). The molecule has 0 atom stereocenters. The van der Waals surface area contributed by atoms with E-state index in [4.69, 9.17) is 4.98 Å². The lowest BCUT2D eigenvalue weighted by Gasteiger charge is -2.29. The zero-order valence-electron chi connectivity index (χ0n) is 10.5. The van der Waals surface area contributed by atoms with Crippen LogP contribution >= 0.6 is 11.3 Å². The molecule has 2 saturated carbocycles. The molecule has 0 radical (unpaired) electrons. The molecule has 17 heavy (non-hydrogen) atoms. The summed E-state index contributed by atoms with van der Waals surface area (Å²) >= 11 is 1.78. The fourth-order valence-corrected chi connectivity index (χ4v) is 3.03. The average molecular weight is 251 g/mol. The van der Waals surface area contributed by atoms with Gasteiger partial charge in [-0.15, -0.1) is 11.3 Å². The van der Waals surface area contributed by atoms with E-state index < -0.39 is 0 Å². The minimum Gasteiger partial charge on any atom is -0.351 e. The summed E-state index contributed by atoms with van der Waals surface area (Å²) in [4.78, 5) is 7.03. The predicted octanol–water partition coefficient (Wildman–Crippen LogP) is 2.63. The van der Waals surface area contributed by atoms with Gasteiger partial charge < -0.3 is 10.2 Å². The molecule has 2 fully saturated rings. The SMILES string of the molecule is CN(CC1CCC1)c1nc(CNC2CC2)cs1. The van der Waals surface area contributed by atoms with Gasteiger partial charge in [0.05, 0.1) is 5.69 Å². The molecule has 2 aliphatic rings. The van der Waals surface area contributed by atoms with E-state index in [1.54, 1.807) is 11.3 Å². The second kappa shape index (κ2) is 4.94. The number of hydrogen-bond donors (Lipinski definition) is 1. The fourth-order valence-electron chi connectivity index (χ4n) is 2.23. The summed E-state index contributed by atoms with van der Waals surface area (Å²) in [6.45, 7) is 2.13. The molecule has 1 aromatic rings. The minimum atomic E-state index is 0.771. The Kier molecular flexibility index (Phi) is 3.34. The molecule has 0 unspecified atom stereocenters. The summed E-state index contributed by atoms with van der Waals surface area (Å²) in [6.07, 6.45) is 6.93. The van der Waals surface area contributed by atoms with Gasteiger partial charge in [-0.25, -0.2) is 4.98 Å². The molecule has 1 N–H and O–H groups in total. The van der Waals surface area contributed by atoms with Crippen LogP contribution in [0.5, 0.6) is 0 Å². The van der Waals surface area contributed by atoms with Gasteiger partial charge in [0.15, 0.2) is 5.13 Å². The van der Waals surface area contributed by atoms with E-state index in [9.17, 15) is 0 Å². The number of rotatable bonds is 6. The molecule has 0 saturated heterocycles. The first-order valence-corrected chi connectivity index (χ1v) is 7.58. The number of anilines is 1. The summed E-state index contributed by atoms with van der Waals surface area (Å²) in [7, 11) is 2.18. The van der Waals surface area contributed by atoms with Crippen molar-refractivity contribution in [3.8, 4) is 0 Å². The summed E-state index contributed by atoms with van der Waals surface area (Å²) in [5, 5.41) is 6.90. The van der Waals surface area contributed by atoms with Crippen LogP contribution < -0.4 is 10.2 Å². The Hall–Kier alpha value is -0.610. The van der Waals surface area contributed by atoms with Crippen molar-refractivity contribution in [1.29, 1.82) is 0 Å². The van der Waals surface area contributed by atoms with Gasteiger partial charge in [0.25, 0.3) is 0 Å². The number of nitrogens with one attached hydrogen (secondary N) is 1. The smallest absolute Gasteiger partial charge is 0.185 e. The molecule has 4 heteroatoms. The molecule has 0 aromatic carbocycles. The third-order valence-electron chi connectivity index (χ3n) is 3.77. The van der Waals surface area contributed by atoms with Crippen LogP contribution in [0.4, 0.5) is 5.13 Å². The lowest BCUT2D eigenvalue weighted by atomic mass is 9.85. The Morgan fingerprint density at radius 3 is 2.88 bits per heavy atom.